The fraction of sp³-hybridized carbons (Fsp3) is 0.500. The van der Waals surface area contributed by atoms with E-state index in [0.29, 0.717) is 5.46 Å². The van der Waals surface area contributed by atoms with E-state index in [1.165, 1.54) is 12.1 Å². The summed E-state index contributed by atoms with van der Waals surface area (Å²) >= 11 is 0. The lowest BCUT2D eigenvalue weighted by Crippen LogP contribution is -2.50. The number of hydrogen-bond acceptors (Lipinski definition) is 2. The maximum absolute atomic E-state index is 13.1. The van der Waals surface area contributed by atoms with Gasteiger partial charge in [-0.25, -0.2) is 8.78 Å². The summed E-state index contributed by atoms with van der Waals surface area (Å²) < 4.78 is 37.6. The first-order valence-corrected chi connectivity index (χ1v) is 5.97. The number of benzene rings is 1. The van der Waals surface area contributed by atoms with Crippen molar-refractivity contribution in [1.82, 2.24) is 0 Å². The molecule has 0 radical (unpaired) electrons. The molecule has 0 N–H and O–H groups in total. The molecule has 1 saturated carbocycles. The van der Waals surface area contributed by atoms with Crippen LogP contribution in [0.25, 0.3) is 0 Å². The van der Waals surface area contributed by atoms with Crippen LogP contribution in [0.5, 0.6) is 0 Å². The average molecular weight is 238 g/mol. The van der Waals surface area contributed by atoms with Gasteiger partial charge in [0.05, 0.1) is 0 Å². The molecule has 3 rings (SSSR count). The zero-order valence-corrected chi connectivity index (χ0v) is 9.36. The van der Waals surface area contributed by atoms with Gasteiger partial charge in [0.25, 0.3) is 0 Å². The van der Waals surface area contributed by atoms with Crippen LogP contribution in [-0.4, -0.2) is 19.3 Å². The minimum atomic E-state index is -0.621. The Bertz CT molecular complexity index is 395. The topological polar surface area (TPSA) is 18.5 Å². The van der Waals surface area contributed by atoms with Gasteiger partial charge in [-0.15, -0.1) is 0 Å². The molecule has 90 valence electrons. The molecule has 5 heteroatoms. The predicted octanol–water partition coefficient (Wildman–Crippen LogP) is 2.02. The molecule has 0 spiro atoms. The summed E-state index contributed by atoms with van der Waals surface area (Å²) in [5.74, 6) is -1.19. The Morgan fingerprint density at radius 3 is 2.18 bits per heavy atom. The van der Waals surface area contributed by atoms with E-state index in [1.807, 2.05) is 0 Å². The fourth-order valence-corrected chi connectivity index (χ4v) is 2.60. The minimum Gasteiger partial charge on any atom is -0.404 e. The predicted molar refractivity (Wildman–Crippen MR) is 60.0 cm³/mol. The average Bonchev–Trinajstić information content (AvgIpc) is 2.27. The van der Waals surface area contributed by atoms with Crippen molar-refractivity contribution in [2.45, 2.75) is 37.9 Å². The molecule has 0 aromatic heterocycles. The SMILES string of the molecule is Fc1cc(F)cc(B2O[C@@H]3CCC[C@H](C3)O2)c1. The Morgan fingerprint density at radius 1 is 1.00 bits per heavy atom. The van der Waals surface area contributed by atoms with Crippen LogP contribution >= 0.6 is 0 Å². The van der Waals surface area contributed by atoms with E-state index < -0.39 is 18.8 Å². The largest absolute Gasteiger partial charge is 0.494 e. The summed E-state index contributed by atoms with van der Waals surface area (Å²) in [6.45, 7) is 0. The van der Waals surface area contributed by atoms with Crippen molar-refractivity contribution >= 4 is 12.6 Å². The van der Waals surface area contributed by atoms with E-state index >= 15 is 0 Å². The summed E-state index contributed by atoms with van der Waals surface area (Å²) in [5, 5.41) is 0. The van der Waals surface area contributed by atoms with Gasteiger partial charge >= 0.3 is 7.12 Å². The van der Waals surface area contributed by atoms with Gasteiger partial charge in [-0.05, 0) is 43.3 Å². The van der Waals surface area contributed by atoms with Gasteiger partial charge in [-0.1, -0.05) is 0 Å². The van der Waals surface area contributed by atoms with Gasteiger partial charge in [0, 0.05) is 18.3 Å². The summed E-state index contributed by atoms with van der Waals surface area (Å²) in [6.07, 6.45) is 4.34. The molecule has 1 aromatic rings. The lowest BCUT2D eigenvalue weighted by molar-refractivity contribution is -0.0102. The number of rotatable bonds is 1. The molecule has 0 unspecified atom stereocenters. The third-order valence-electron chi connectivity index (χ3n) is 3.37. The lowest BCUT2D eigenvalue weighted by Gasteiger charge is -2.38. The van der Waals surface area contributed by atoms with Crippen molar-refractivity contribution in [2.75, 3.05) is 0 Å². The molecule has 1 aliphatic carbocycles. The van der Waals surface area contributed by atoms with Crippen LogP contribution in [0.2, 0.25) is 0 Å². The van der Waals surface area contributed by atoms with E-state index in [2.05, 4.69) is 0 Å². The molecule has 17 heavy (non-hydrogen) atoms. The Morgan fingerprint density at radius 2 is 1.59 bits per heavy atom. The highest BCUT2D eigenvalue weighted by Gasteiger charge is 2.37. The Hall–Kier alpha value is -0.935. The second-order valence-corrected chi connectivity index (χ2v) is 4.72. The first-order chi connectivity index (χ1) is 8.20. The van der Waals surface area contributed by atoms with Gasteiger partial charge < -0.3 is 9.31 Å². The van der Waals surface area contributed by atoms with Crippen molar-refractivity contribution in [3.05, 3.63) is 29.8 Å². The molecule has 1 saturated heterocycles. The minimum absolute atomic E-state index is 0.166. The summed E-state index contributed by atoms with van der Waals surface area (Å²) in [4.78, 5) is 0. The van der Waals surface area contributed by atoms with Crippen LogP contribution < -0.4 is 5.46 Å². The fourth-order valence-electron chi connectivity index (χ4n) is 2.60. The van der Waals surface area contributed by atoms with Crippen LogP contribution in [0.3, 0.4) is 0 Å². The van der Waals surface area contributed by atoms with Crippen LogP contribution in [-0.2, 0) is 9.31 Å². The molecule has 2 aliphatic rings. The van der Waals surface area contributed by atoms with Crippen LogP contribution in [0.15, 0.2) is 18.2 Å². The third-order valence-corrected chi connectivity index (χ3v) is 3.37. The van der Waals surface area contributed by atoms with Crippen molar-refractivity contribution in [3.8, 4) is 0 Å². The van der Waals surface area contributed by atoms with Crippen molar-refractivity contribution < 1.29 is 18.1 Å². The highest BCUT2D eigenvalue weighted by Crippen LogP contribution is 2.29. The van der Waals surface area contributed by atoms with Crippen LogP contribution in [0.4, 0.5) is 8.78 Å². The molecule has 1 heterocycles. The first kappa shape index (κ1) is 11.2. The van der Waals surface area contributed by atoms with Crippen molar-refractivity contribution in [1.29, 1.82) is 0 Å². The number of hydrogen-bond donors (Lipinski definition) is 0. The van der Waals surface area contributed by atoms with E-state index in [-0.39, 0.29) is 12.2 Å². The quantitative estimate of drug-likeness (QED) is 0.697. The van der Waals surface area contributed by atoms with E-state index in [1.54, 1.807) is 0 Å². The molecule has 1 aliphatic heterocycles. The Balaban J connectivity index is 1.83. The van der Waals surface area contributed by atoms with E-state index in [9.17, 15) is 8.78 Å². The highest BCUT2D eigenvalue weighted by molar-refractivity contribution is 6.61. The van der Waals surface area contributed by atoms with Gasteiger partial charge in [-0.2, -0.15) is 0 Å². The lowest BCUT2D eigenvalue weighted by atomic mass is 9.74. The third kappa shape index (κ3) is 2.35. The van der Waals surface area contributed by atoms with Gasteiger partial charge in [0.1, 0.15) is 11.6 Å². The molecule has 2 bridgehead atoms. The summed E-state index contributed by atoms with van der Waals surface area (Å²) in [6, 6.07) is 3.40. The number of halogens is 2. The summed E-state index contributed by atoms with van der Waals surface area (Å²) in [7, 11) is -0.621. The molecule has 2 nitrogen and oxygen atoms in total. The number of fused-ring (bicyclic) bond motifs is 2. The van der Waals surface area contributed by atoms with Gasteiger partial charge in [0.2, 0.25) is 0 Å². The monoisotopic (exact) mass is 238 g/mol. The Kier molecular flexibility index (Phi) is 2.88. The maximum Gasteiger partial charge on any atom is 0.494 e. The smallest absolute Gasteiger partial charge is 0.404 e. The summed E-state index contributed by atoms with van der Waals surface area (Å²) in [5.41, 5.74) is 0.430. The first-order valence-electron chi connectivity index (χ1n) is 5.97. The van der Waals surface area contributed by atoms with E-state index in [0.717, 1.165) is 31.7 Å². The van der Waals surface area contributed by atoms with Crippen LogP contribution in [0, 0.1) is 11.6 Å². The van der Waals surface area contributed by atoms with Gasteiger partial charge in [0.15, 0.2) is 0 Å². The molecule has 2 fully saturated rings. The van der Waals surface area contributed by atoms with E-state index in [4.69, 9.17) is 9.31 Å². The molecular weight excluding hydrogens is 225 g/mol. The second kappa shape index (κ2) is 4.39. The normalized spacial score (nSPS) is 28.2. The van der Waals surface area contributed by atoms with Crippen molar-refractivity contribution in [3.63, 3.8) is 0 Å². The van der Waals surface area contributed by atoms with Crippen LogP contribution in [0.1, 0.15) is 25.7 Å². The molecule has 1 aromatic carbocycles. The Labute approximate surface area is 99.1 Å². The zero-order valence-electron chi connectivity index (χ0n) is 9.36. The van der Waals surface area contributed by atoms with Gasteiger partial charge in [-0.3, -0.25) is 0 Å². The standard InChI is InChI=1S/C12H13BF2O2/c14-9-4-8(5-10(15)6-9)13-16-11-2-1-3-12(7-11)17-13/h4-6,11-12H,1-3,7H2/t11-,12-/m1/s1. The maximum atomic E-state index is 13.1. The second-order valence-electron chi connectivity index (χ2n) is 4.72. The van der Waals surface area contributed by atoms with Crippen molar-refractivity contribution in [2.24, 2.45) is 0 Å². The highest BCUT2D eigenvalue weighted by atomic mass is 19.1. The molecule has 2 atom stereocenters. The zero-order chi connectivity index (χ0) is 11.8. The molecule has 0 amide bonds. The molecular formula is C12H13BF2O2.